The summed E-state index contributed by atoms with van der Waals surface area (Å²) in [5, 5.41) is 2.81. The lowest BCUT2D eigenvalue weighted by Gasteiger charge is -2.04. The molecule has 0 aliphatic carbocycles. The molecule has 0 aliphatic heterocycles. The number of hydrogen-bond acceptors (Lipinski definition) is 3. The molecule has 0 radical (unpaired) electrons. The van der Waals surface area contributed by atoms with E-state index in [0.717, 1.165) is 11.1 Å². The average Bonchev–Trinajstić information content (AvgIpc) is 3.04. The number of hydrogen-bond donors (Lipinski definition) is 1. The van der Waals surface area contributed by atoms with E-state index in [1.54, 1.807) is 6.07 Å². The Balaban J connectivity index is 1.49. The molecule has 3 rings (SSSR count). The molecule has 0 spiro atoms. The second-order valence-corrected chi connectivity index (χ2v) is 5.42. The van der Waals surface area contributed by atoms with E-state index in [1.165, 1.54) is 18.4 Å². The zero-order valence-electron chi connectivity index (χ0n) is 13.0. The van der Waals surface area contributed by atoms with Crippen LogP contribution in [0.5, 0.6) is 0 Å². The molecule has 0 saturated heterocycles. The van der Waals surface area contributed by atoms with Gasteiger partial charge in [-0.3, -0.25) is 4.79 Å². The third-order valence-corrected chi connectivity index (χ3v) is 3.54. The lowest BCUT2D eigenvalue weighted by atomic mass is 10.1. The Morgan fingerprint density at radius 2 is 1.96 bits per heavy atom. The number of benzene rings is 2. The van der Waals surface area contributed by atoms with E-state index in [-0.39, 0.29) is 18.1 Å². The average molecular weight is 324 g/mol. The lowest BCUT2D eigenvalue weighted by molar-refractivity contribution is -0.120. The predicted molar refractivity (Wildman–Crippen MR) is 88.8 cm³/mol. The fourth-order valence-electron chi connectivity index (χ4n) is 2.37. The van der Waals surface area contributed by atoms with Crippen LogP contribution in [0.4, 0.5) is 4.39 Å². The first-order valence-electron chi connectivity index (χ1n) is 7.72. The molecule has 0 atom stereocenters. The maximum Gasteiger partial charge on any atom is 0.226 e. The Morgan fingerprint density at radius 1 is 1.12 bits per heavy atom. The van der Waals surface area contributed by atoms with Crippen molar-refractivity contribution >= 4 is 5.91 Å². The minimum absolute atomic E-state index is 0.140. The summed E-state index contributed by atoms with van der Waals surface area (Å²) < 4.78 is 18.5. The van der Waals surface area contributed by atoms with Gasteiger partial charge in [-0.25, -0.2) is 9.37 Å². The standard InChI is InChI=1S/C19H17FN2O2/c20-16-8-4-5-14(11-16)9-10-21-18(23)12-17-13-24-19(22-17)15-6-2-1-3-7-15/h1-8,11,13H,9-10,12H2,(H,21,23). The van der Waals surface area contributed by atoms with Crippen LogP contribution in [-0.2, 0) is 17.6 Å². The number of carbonyl (C=O) groups is 1. The Kier molecular flexibility index (Phi) is 5.01. The Hall–Kier alpha value is -2.95. The maximum atomic E-state index is 13.1. The Labute approximate surface area is 139 Å². The number of rotatable bonds is 6. The highest BCUT2D eigenvalue weighted by atomic mass is 19.1. The van der Waals surface area contributed by atoms with E-state index < -0.39 is 0 Å². The largest absolute Gasteiger partial charge is 0.444 e. The number of carbonyl (C=O) groups excluding carboxylic acids is 1. The van der Waals surface area contributed by atoms with Crippen LogP contribution in [0.15, 0.2) is 65.3 Å². The van der Waals surface area contributed by atoms with Gasteiger partial charge in [-0.2, -0.15) is 0 Å². The highest BCUT2D eigenvalue weighted by molar-refractivity contribution is 5.78. The quantitative estimate of drug-likeness (QED) is 0.756. The van der Waals surface area contributed by atoms with Gasteiger partial charge < -0.3 is 9.73 Å². The first-order valence-corrected chi connectivity index (χ1v) is 7.72. The molecule has 5 heteroatoms. The highest BCUT2D eigenvalue weighted by Gasteiger charge is 2.10. The van der Waals surface area contributed by atoms with Crippen LogP contribution in [0.1, 0.15) is 11.3 Å². The second kappa shape index (κ2) is 7.55. The predicted octanol–water partition coefficient (Wildman–Crippen LogP) is 3.38. The molecule has 1 amide bonds. The first kappa shape index (κ1) is 15.9. The van der Waals surface area contributed by atoms with Crippen molar-refractivity contribution in [1.29, 1.82) is 0 Å². The van der Waals surface area contributed by atoms with Crippen LogP contribution in [0.2, 0.25) is 0 Å². The van der Waals surface area contributed by atoms with Crippen LogP contribution in [0.3, 0.4) is 0 Å². The first-order chi connectivity index (χ1) is 11.7. The SMILES string of the molecule is O=C(Cc1coc(-c2ccccc2)n1)NCCc1cccc(F)c1. The summed E-state index contributed by atoms with van der Waals surface area (Å²) in [6.45, 7) is 0.450. The van der Waals surface area contributed by atoms with Crippen molar-refractivity contribution in [2.75, 3.05) is 6.54 Å². The van der Waals surface area contributed by atoms with Gasteiger partial charge in [-0.05, 0) is 36.2 Å². The van der Waals surface area contributed by atoms with Crippen molar-refractivity contribution < 1.29 is 13.6 Å². The van der Waals surface area contributed by atoms with Crippen LogP contribution in [-0.4, -0.2) is 17.4 Å². The van der Waals surface area contributed by atoms with Crippen molar-refractivity contribution in [3.8, 4) is 11.5 Å². The van der Waals surface area contributed by atoms with E-state index in [1.807, 2.05) is 36.4 Å². The molecule has 122 valence electrons. The van der Waals surface area contributed by atoms with E-state index in [0.29, 0.717) is 24.6 Å². The number of nitrogens with one attached hydrogen (secondary N) is 1. The number of amides is 1. The Bertz CT molecular complexity index is 815. The van der Waals surface area contributed by atoms with E-state index >= 15 is 0 Å². The monoisotopic (exact) mass is 324 g/mol. The molecule has 0 unspecified atom stereocenters. The van der Waals surface area contributed by atoms with Gasteiger partial charge in [-0.1, -0.05) is 30.3 Å². The minimum atomic E-state index is -0.269. The number of nitrogens with zero attached hydrogens (tertiary/aromatic N) is 1. The van der Waals surface area contributed by atoms with Crippen LogP contribution in [0.25, 0.3) is 11.5 Å². The van der Waals surface area contributed by atoms with Gasteiger partial charge in [0, 0.05) is 12.1 Å². The number of halogens is 1. The zero-order chi connectivity index (χ0) is 16.8. The molecule has 3 aromatic rings. The van der Waals surface area contributed by atoms with E-state index in [4.69, 9.17) is 4.42 Å². The topological polar surface area (TPSA) is 55.1 Å². The van der Waals surface area contributed by atoms with E-state index in [9.17, 15) is 9.18 Å². The Morgan fingerprint density at radius 3 is 2.75 bits per heavy atom. The molecule has 1 N–H and O–H groups in total. The molecular weight excluding hydrogens is 307 g/mol. The molecule has 1 heterocycles. The van der Waals surface area contributed by atoms with Crippen molar-refractivity contribution in [3.05, 3.63) is 77.9 Å². The van der Waals surface area contributed by atoms with Gasteiger partial charge >= 0.3 is 0 Å². The van der Waals surface area contributed by atoms with Crippen molar-refractivity contribution in [1.82, 2.24) is 10.3 Å². The van der Waals surface area contributed by atoms with Crippen molar-refractivity contribution in [3.63, 3.8) is 0 Å². The van der Waals surface area contributed by atoms with Crippen LogP contribution >= 0.6 is 0 Å². The third kappa shape index (κ3) is 4.29. The molecule has 0 fully saturated rings. The summed E-state index contributed by atoms with van der Waals surface area (Å²) in [6, 6.07) is 15.9. The molecule has 4 nitrogen and oxygen atoms in total. The lowest BCUT2D eigenvalue weighted by Crippen LogP contribution is -2.27. The number of oxazole rings is 1. The van der Waals surface area contributed by atoms with Gasteiger partial charge in [0.2, 0.25) is 11.8 Å². The summed E-state index contributed by atoms with van der Waals surface area (Å²) >= 11 is 0. The van der Waals surface area contributed by atoms with Gasteiger partial charge in [0.25, 0.3) is 0 Å². The molecule has 2 aromatic carbocycles. The molecule has 0 saturated carbocycles. The summed E-state index contributed by atoms with van der Waals surface area (Å²) in [5.41, 5.74) is 2.30. The summed E-state index contributed by atoms with van der Waals surface area (Å²) in [6.07, 6.45) is 2.23. The summed E-state index contributed by atoms with van der Waals surface area (Å²) in [7, 11) is 0. The van der Waals surface area contributed by atoms with Gasteiger partial charge in [0.1, 0.15) is 12.1 Å². The van der Waals surface area contributed by atoms with Crippen LogP contribution in [0, 0.1) is 5.82 Å². The van der Waals surface area contributed by atoms with Gasteiger partial charge in [0.05, 0.1) is 12.1 Å². The molecule has 0 bridgehead atoms. The normalized spacial score (nSPS) is 10.5. The third-order valence-electron chi connectivity index (χ3n) is 3.54. The molecular formula is C19H17FN2O2. The van der Waals surface area contributed by atoms with Crippen LogP contribution < -0.4 is 5.32 Å². The fraction of sp³-hybridized carbons (Fsp3) is 0.158. The number of aromatic nitrogens is 1. The highest BCUT2D eigenvalue weighted by Crippen LogP contribution is 2.18. The van der Waals surface area contributed by atoms with Crippen molar-refractivity contribution in [2.45, 2.75) is 12.8 Å². The fourth-order valence-corrected chi connectivity index (χ4v) is 2.37. The van der Waals surface area contributed by atoms with Crippen molar-refractivity contribution in [2.24, 2.45) is 0 Å². The maximum absolute atomic E-state index is 13.1. The summed E-state index contributed by atoms with van der Waals surface area (Å²) in [5.74, 6) is 0.0901. The molecule has 24 heavy (non-hydrogen) atoms. The molecule has 1 aromatic heterocycles. The summed E-state index contributed by atoms with van der Waals surface area (Å²) in [4.78, 5) is 16.3. The van der Waals surface area contributed by atoms with Gasteiger partial charge in [0.15, 0.2) is 0 Å². The second-order valence-electron chi connectivity index (χ2n) is 5.42. The van der Waals surface area contributed by atoms with Gasteiger partial charge in [-0.15, -0.1) is 0 Å². The minimum Gasteiger partial charge on any atom is -0.444 e. The van der Waals surface area contributed by atoms with E-state index in [2.05, 4.69) is 10.3 Å². The molecule has 0 aliphatic rings. The zero-order valence-corrected chi connectivity index (χ0v) is 13.0. The smallest absolute Gasteiger partial charge is 0.226 e.